The molecule has 1 aliphatic carbocycles. The summed E-state index contributed by atoms with van der Waals surface area (Å²) in [6, 6.07) is 0. The normalized spacial score (nSPS) is 17.4. The molecule has 6 heteroatoms. The standard InChI is InChI=1S/C17H35N3O3/c1-3-5-11-22-13-14-23-12-10-19-16(18-4-2)20-15-17(21)8-6-7-9-17/h21H,3-15H2,1-2H3,(H2,18,19,20). The number of unbranched alkanes of at least 4 members (excludes halogenated alkanes) is 1. The van der Waals surface area contributed by atoms with Crippen LogP contribution in [0.15, 0.2) is 4.99 Å². The minimum absolute atomic E-state index is 0.467. The third-order valence-electron chi connectivity index (χ3n) is 3.96. The van der Waals surface area contributed by atoms with Crippen molar-refractivity contribution in [2.75, 3.05) is 46.1 Å². The highest BCUT2D eigenvalue weighted by Gasteiger charge is 2.30. The van der Waals surface area contributed by atoms with Gasteiger partial charge < -0.3 is 25.2 Å². The summed E-state index contributed by atoms with van der Waals surface area (Å²) in [6.07, 6.45) is 6.19. The molecule has 0 radical (unpaired) electrons. The van der Waals surface area contributed by atoms with E-state index in [9.17, 15) is 5.11 Å². The monoisotopic (exact) mass is 329 g/mol. The summed E-state index contributed by atoms with van der Waals surface area (Å²) in [5, 5.41) is 16.8. The summed E-state index contributed by atoms with van der Waals surface area (Å²) in [4.78, 5) is 4.50. The molecule has 0 aromatic heterocycles. The average Bonchev–Trinajstić information content (AvgIpc) is 2.98. The number of nitrogens with zero attached hydrogens (tertiary/aromatic N) is 1. The Hall–Kier alpha value is -0.850. The summed E-state index contributed by atoms with van der Waals surface area (Å²) in [7, 11) is 0. The van der Waals surface area contributed by atoms with E-state index in [4.69, 9.17) is 9.47 Å². The highest BCUT2D eigenvalue weighted by Crippen LogP contribution is 2.29. The van der Waals surface area contributed by atoms with Crippen LogP contribution in [-0.2, 0) is 9.47 Å². The van der Waals surface area contributed by atoms with Gasteiger partial charge in [-0.3, -0.25) is 4.99 Å². The zero-order valence-electron chi connectivity index (χ0n) is 14.9. The fraction of sp³-hybridized carbons (Fsp3) is 0.941. The second-order valence-electron chi connectivity index (χ2n) is 6.13. The Balaban J connectivity index is 2.10. The van der Waals surface area contributed by atoms with Gasteiger partial charge in [0, 0.05) is 19.7 Å². The van der Waals surface area contributed by atoms with Crippen LogP contribution < -0.4 is 10.6 Å². The van der Waals surface area contributed by atoms with Gasteiger partial charge in [0.2, 0.25) is 0 Å². The highest BCUT2D eigenvalue weighted by molar-refractivity contribution is 5.79. The maximum atomic E-state index is 10.3. The fourth-order valence-electron chi connectivity index (χ4n) is 2.57. The first-order chi connectivity index (χ1) is 11.2. The Morgan fingerprint density at radius 1 is 1.04 bits per heavy atom. The molecule has 0 spiro atoms. The summed E-state index contributed by atoms with van der Waals surface area (Å²) in [5.41, 5.74) is -0.603. The molecule has 1 saturated carbocycles. The fourth-order valence-corrected chi connectivity index (χ4v) is 2.57. The van der Waals surface area contributed by atoms with Crippen LogP contribution >= 0.6 is 0 Å². The maximum absolute atomic E-state index is 10.3. The number of nitrogens with one attached hydrogen (secondary N) is 2. The van der Waals surface area contributed by atoms with Crippen molar-refractivity contribution in [2.45, 2.75) is 58.0 Å². The molecule has 0 unspecified atom stereocenters. The number of guanidine groups is 1. The zero-order chi connectivity index (χ0) is 16.8. The van der Waals surface area contributed by atoms with Gasteiger partial charge in [0.1, 0.15) is 0 Å². The lowest BCUT2D eigenvalue weighted by molar-refractivity contribution is 0.0486. The Labute approximate surface area is 141 Å². The molecule has 3 N–H and O–H groups in total. The van der Waals surface area contributed by atoms with Crippen LogP contribution in [0.25, 0.3) is 0 Å². The van der Waals surface area contributed by atoms with E-state index in [2.05, 4.69) is 22.5 Å². The van der Waals surface area contributed by atoms with Crippen molar-refractivity contribution in [1.82, 2.24) is 10.6 Å². The molecule has 136 valence electrons. The smallest absolute Gasteiger partial charge is 0.191 e. The average molecular weight is 329 g/mol. The number of rotatable bonds is 12. The molecule has 0 aliphatic heterocycles. The van der Waals surface area contributed by atoms with Gasteiger partial charge in [-0.15, -0.1) is 0 Å². The summed E-state index contributed by atoms with van der Waals surface area (Å²) >= 11 is 0. The maximum Gasteiger partial charge on any atom is 0.191 e. The number of aliphatic hydroxyl groups is 1. The number of hydrogen-bond donors (Lipinski definition) is 3. The Morgan fingerprint density at radius 3 is 2.39 bits per heavy atom. The summed E-state index contributed by atoms with van der Waals surface area (Å²) < 4.78 is 11.0. The molecular formula is C17H35N3O3. The van der Waals surface area contributed by atoms with E-state index in [0.29, 0.717) is 32.9 Å². The van der Waals surface area contributed by atoms with Gasteiger partial charge in [-0.25, -0.2) is 0 Å². The first-order valence-electron chi connectivity index (χ1n) is 9.10. The van der Waals surface area contributed by atoms with E-state index in [-0.39, 0.29) is 0 Å². The molecular weight excluding hydrogens is 294 g/mol. The molecule has 1 aliphatic rings. The second kappa shape index (κ2) is 12.6. The molecule has 1 fully saturated rings. The molecule has 0 saturated heterocycles. The van der Waals surface area contributed by atoms with Crippen LogP contribution in [-0.4, -0.2) is 62.7 Å². The van der Waals surface area contributed by atoms with Crippen LogP contribution in [0, 0.1) is 0 Å². The third kappa shape index (κ3) is 9.79. The van der Waals surface area contributed by atoms with Gasteiger partial charge in [0.15, 0.2) is 5.96 Å². The van der Waals surface area contributed by atoms with E-state index in [1.54, 1.807) is 0 Å². The topological polar surface area (TPSA) is 75.1 Å². The van der Waals surface area contributed by atoms with Crippen LogP contribution in [0.5, 0.6) is 0 Å². The Bertz CT molecular complexity index is 318. The van der Waals surface area contributed by atoms with E-state index in [1.807, 2.05) is 6.92 Å². The van der Waals surface area contributed by atoms with Crippen molar-refractivity contribution in [3.05, 3.63) is 0 Å². The first-order valence-corrected chi connectivity index (χ1v) is 9.10. The molecule has 0 atom stereocenters. The van der Waals surface area contributed by atoms with Crippen molar-refractivity contribution in [2.24, 2.45) is 4.99 Å². The predicted octanol–water partition coefficient (Wildman–Crippen LogP) is 1.68. The first kappa shape index (κ1) is 20.2. The molecule has 0 amide bonds. The largest absolute Gasteiger partial charge is 0.388 e. The SMILES string of the molecule is CCCCOCCOCCNC(=NCC1(O)CCCC1)NCC. The van der Waals surface area contributed by atoms with Crippen LogP contribution in [0.3, 0.4) is 0 Å². The Kier molecular flexibility index (Phi) is 11.0. The lowest BCUT2D eigenvalue weighted by atomic mass is 10.0. The van der Waals surface area contributed by atoms with Gasteiger partial charge in [-0.05, 0) is 26.2 Å². The van der Waals surface area contributed by atoms with Crippen LogP contribution in [0.2, 0.25) is 0 Å². The highest BCUT2D eigenvalue weighted by atomic mass is 16.5. The van der Waals surface area contributed by atoms with Gasteiger partial charge >= 0.3 is 0 Å². The van der Waals surface area contributed by atoms with Crippen LogP contribution in [0.4, 0.5) is 0 Å². The summed E-state index contributed by atoms with van der Waals surface area (Å²) in [6.45, 7) is 8.86. The molecule has 0 heterocycles. The van der Waals surface area contributed by atoms with Crippen molar-refractivity contribution < 1.29 is 14.6 Å². The lowest BCUT2D eigenvalue weighted by Gasteiger charge is -2.20. The van der Waals surface area contributed by atoms with E-state index in [1.165, 1.54) is 0 Å². The lowest BCUT2D eigenvalue weighted by Crippen LogP contribution is -2.40. The van der Waals surface area contributed by atoms with E-state index >= 15 is 0 Å². The molecule has 0 aromatic rings. The van der Waals surface area contributed by atoms with E-state index in [0.717, 1.165) is 57.6 Å². The minimum atomic E-state index is -0.603. The van der Waals surface area contributed by atoms with E-state index < -0.39 is 5.60 Å². The molecule has 1 rings (SSSR count). The van der Waals surface area contributed by atoms with Crippen molar-refractivity contribution in [3.63, 3.8) is 0 Å². The number of aliphatic imine (C=N–C) groups is 1. The number of ether oxygens (including phenoxy) is 2. The second-order valence-corrected chi connectivity index (χ2v) is 6.13. The Morgan fingerprint density at radius 2 is 1.74 bits per heavy atom. The van der Waals surface area contributed by atoms with Gasteiger partial charge in [0.05, 0.1) is 32.0 Å². The quantitative estimate of drug-likeness (QED) is 0.289. The van der Waals surface area contributed by atoms with Gasteiger partial charge in [-0.1, -0.05) is 26.2 Å². The molecule has 6 nitrogen and oxygen atoms in total. The third-order valence-corrected chi connectivity index (χ3v) is 3.96. The van der Waals surface area contributed by atoms with Gasteiger partial charge in [-0.2, -0.15) is 0 Å². The minimum Gasteiger partial charge on any atom is -0.388 e. The zero-order valence-corrected chi connectivity index (χ0v) is 14.9. The molecule has 23 heavy (non-hydrogen) atoms. The van der Waals surface area contributed by atoms with Crippen molar-refractivity contribution >= 4 is 5.96 Å². The van der Waals surface area contributed by atoms with Crippen molar-refractivity contribution in [3.8, 4) is 0 Å². The summed E-state index contributed by atoms with van der Waals surface area (Å²) in [5.74, 6) is 0.746. The molecule has 0 aromatic carbocycles. The molecule has 0 bridgehead atoms. The predicted molar refractivity (Wildman–Crippen MR) is 93.9 cm³/mol. The van der Waals surface area contributed by atoms with Crippen LogP contribution in [0.1, 0.15) is 52.4 Å². The van der Waals surface area contributed by atoms with Gasteiger partial charge in [0.25, 0.3) is 0 Å². The van der Waals surface area contributed by atoms with Crippen molar-refractivity contribution in [1.29, 1.82) is 0 Å². The number of hydrogen-bond acceptors (Lipinski definition) is 4.